The summed E-state index contributed by atoms with van der Waals surface area (Å²) in [5.41, 5.74) is 3.64. The number of aryl methyl sites for hydroxylation is 1. The van der Waals surface area contributed by atoms with Crippen molar-refractivity contribution in [3.05, 3.63) is 59.7 Å². The van der Waals surface area contributed by atoms with Crippen LogP contribution in [0.2, 0.25) is 0 Å². The fraction of sp³-hybridized carbons (Fsp3) is 0.300. The Hall–Kier alpha value is -2.80. The van der Waals surface area contributed by atoms with Crippen molar-refractivity contribution in [1.82, 2.24) is 0 Å². The first-order valence-electron chi connectivity index (χ1n) is 8.13. The standard InChI is InChI=1S/C20H23N3O/c1-15(2)23(19-10-4-16(3)5-11-19)13-12-20(24)22-18-8-6-17(14-21)7-9-18/h4-11,15H,12-13H2,1-3H3,(H,22,24). The highest BCUT2D eigenvalue weighted by Gasteiger charge is 2.12. The van der Waals surface area contributed by atoms with Gasteiger partial charge in [-0.3, -0.25) is 4.79 Å². The van der Waals surface area contributed by atoms with Crippen molar-refractivity contribution in [1.29, 1.82) is 5.26 Å². The number of carbonyl (C=O) groups is 1. The summed E-state index contributed by atoms with van der Waals surface area (Å²) in [7, 11) is 0. The number of nitriles is 1. The fourth-order valence-corrected chi connectivity index (χ4v) is 2.50. The second-order valence-electron chi connectivity index (χ2n) is 6.11. The molecule has 0 aliphatic heterocycles. The van der Waals surface area contributed by atoms with Crippen molar-refractivity contribution >= 4 is 17.3 Å². The van der Waals surface area contributed by atoms with Crippen LogP contribution in [0.15, 0.2) is 48.5 Å². The second kappa shape index (κ2) is 8.16. The molecule has 0 saturated carbocycles. The number of nitrogens with one attached hydrogen (secondary N) is 1. The first-order valence-corrected chi connectivity index (χ1v) is 8.13. The van der Waals surface area contributed by atoms with Gasteiger partial charge in [0.2, 0.25) is 5.91 Å². The van der Waals surface area contributed by atoms with E-state index in [2.05, 4.69) is 61.3 Å². The lowest BCUT2D eigenvalue weighted by Crippen LogP contribution is -2.33. The van der Waals surface area contributed by atoms with E-state index in [0.717, 1.165) is 5.69 Å². The van der Waals surface area contributed by atoms with Crippen LogP contribution in [-0.2, 0) is 4.79 Å². The Morgan fingerprint density at radius 2 is 1.75 bits per heavy atom. The molecule has 1 amide bonds. The molecule has 4 nitrogen and oxygen atoms in total. The van der Waals surface area contributed by atoms with Crippen molar-refractivity contribution in [2.45, 2.75) is 33.2 Å². The van der Waals surface area contributed by atoms with Gasteiger partial charge in [-0.05, 0) is 57.2 Å². The van der Waals surface area contributed by atoms with E-state index in [9.17, 15) is 4.79 Å². The maximum Gasteiger partial charge on any atom is 0.226 e. The van der Waals surface area contributed by atoms with Gasteiger partial charge in [0.05, 0.1) is 11.6 Å². The summed E-state index contributed by atoms with van der Waals surface area (Å²) >= 11 is 0. The lowest BCUT2D eigenvalue weighted by atomic mass is 10.1. The van der Waals surface area contributed by atoms with E-state index >= 15 is 0 Å². The third-order valence-electron chi connectivity index (χ3n) is 3.87. The zero-order valence-electron chi connectivity index (χ0n) is 14.4. The molecule has 0 aliphatic carbocycles. The van der Waals surface area contributed by atoms with Gasteiger partial charge in [0, 0.05) is 30.4 Å². The highest BCUT2D eigenvalue weighted by Crippen LogP contribution is 2.18. The Balaban J connectivity index is 1.94. The third-order valence-corrected chi connectivity index (χ3v) is 3.87. The lowest BCUT2D eigenvalue weighted by molar-refractivity contribution is -0.116. The van der Waals surface area contributed by atoms with Crippen LogP contribution in [0.4, 0.5) is 11.4 Å². The van der Waals surface area contributed by atoms with Gasteiger partial charge in [-0.15, -0.1) is 0 Å². The molecule has 0 aliphatic rings. The zero-order chi connectivity index (χ0) is 17.5. The summed E-state index contributed by atoms with van der Waals surface area (Å²) in [6, 6.07) is 17.6. The molecule has 2 aromatic carbocycles. The minimum atomic E-state index is -0.0301. The average molecular weight is 321 g/mol. The highest BCUT2D eigenvalue weighted by atomic mass is 16.1. The van der Waals surface area contributed by atoms with Crippen molar-refractivity contribution in [3.63, 3.8) is 0 Å². The normalized spacial score (nSPS) is 10.3. The molecule has 0 atom stereocenters. The molecular weight excluding hydrogens is 298 g/mol. The molecule has 24 heavy (non-hydrogen) atoms. The molecule has 0 spiro atoms. The number of benzene rings is 2. The van der Waals surface area contributed by atoms with Gasteiger partial charge in [0.25, 0.3) is 0 Å². The number of amides is 1. The molecule has 4 heteroatoms. The van der Waals surface area contributed by atoms with E-state index in [-0.39, 0.29) is 5.91 Å². The van der Waals surface area contributed by atoms with E-state index in [1.807, 2.05) is 0 Å². The zero-order valence-corrected chi connectivity index (χ0v) is 14.4. The Morgan fingerprint density at radius 3 is 2.29 bits per heavy atom. The molecule has 0 fully saturated rings. The van der Waals surface area contributed by atoms with E-state index in [0.29, 0.717) is 30.3 Å². The van der Waals surface area contributed by atoms with Crippen LogP contribution in [0.25, 0.3) is 0 Å². The summed E-state index contributed by atoms with van der Waals surface area (Å²) in [6.07, 6.45) is 0.409. The van der Waals surface area contributed by atoms with Gasteiger partial charge >= 0.3 is 0 Å². The van der Waals surface area contributed by atoms with Crippen molar-refractivity contribution < 1.29 is 4.79 Å². The Kier molecular flexibility index (Phi) is 5.97. The third kappa shape index (κ3) is 4.85. The smallest absolute Gasteiger partial charge is 0.226 e. The largest absolute Gasteiger partial charge is 0.369 e. The summed E-state index contributed by atoms with van der Waals surface area (Å²) < 4.78 is 0. The first-order chi connectivity index (χ1) is 11.5. The molecule has 1 N–H and O–H groups in total. The highest BCUT2D eigenvalue weighted by molar-refractivity contribution is 5.91. The summed E-state index contributed by atoms with van der Waals surface area (Å²) in [5.74, 6) is -0.0301. The van der Waals surface area contributed by atoms with E-state index in [1.54, 1.807) is 24.3 Å². The Morgan fingerprint density at radius 1 is 1.12 bits per heavy atom. The van der Waals surface area contributed by atoms with E-state index < -0.39 is 0 Å². The van der Waals surface area contributed by atoms with Crippen LogP contribution in [0.5, 0.6) is 0 Å². The molecule has 0 bridgehead atoms. The van der Waals surface area contributed by atoms with Crippen molar-refractivity contribution in [3.8, 4) is 6.07 Å². The molecule has 124 valence electrons. The number of anilines is 2. The minimum Gasteiger partial charge on any atom is -0.369 e. The monoisotopic (exact) mass is 321 g/mol. The predicted molar refractivity (Wildman–Crippen MR) is 98.1 cm³/mol. The van der Waals surface area contributed by atoms with E-state index in [1.165, 1.54) is 5.56 Å². The topological polar surface area (TPSA) is 56.1 Å². The van der Waals surface area contributed by atoms with Crippen LogP contribution in [0, 0.1) is 18.3 Å². The van der Waals surface area contributed by atoms with Crippen molar-refractivity contribution in [2.75, 3.05) is 16.8 Å². The van der Waals surface area contributed by atoms with Crippen LogP contribution in [0.3, 0.4) is 0 Å². The number of hydrogen-bond acceptors (Lipinski definition) is 3. The fourth-order valence-electron chi connectivity index (χ4n) is 2.50. The van der Waals surface area contributed by atoms with Crippen LogP contribution >= 0.6 is 0 Å². The SMILES string of the molecule is Cc1ccc(N(CCC(=O)Nc2ccc(C#N)cc2)C(C)C)cc1. The number of rotatable bonds is 6. The molecule has 2 rings (SSSR count). The Bertz CT molecular complexity index is 712. The lowest BCUT2D eigenvalue weighted by Gasteiger charge is -2.29. The van der Waals surface area contributed by atoms with Crippen LogP contribution in [-0.4, -0.2) is 18.5 Å². The van der Waals surface area contributed by atoms with Gasteiger partial charge in [0.1, 0.15) is 0 Å². The second-order valence-corrected chi connectivity index (χ2v) is 6.11. The van der Waals surface area contributed by atoms with Crippen molar-refractivity contribution in [2.24, 2.45) is 0 Å². The summed E-state index contributed by atoms with van der Waals surface area (Å²) in [4.78, 5) is 14.4. The van der Waals surface area contributed by atoms with Gasteiger partial charge in [-0.25, -0.2) is 0 Å². The molecule has 0 saturated heterocycles. The maximum absolute atomic E-state index is 12.2. The average Bonchev–Trinajstić information content (AvgIpc) is 2.57. The van der Waals surface area contributed by atoms with Gasteiger partial charge in [-0.2, -0.15) is 5.26 Å². The Labute approximate surface area is 143 Å². The molecular formula is C20H23N3O. The number of carbonyl (C=O) groups excluding carboxylic acids is 1. The minimum absolute atomic E-state index is 0.0301. The molecule has 0 aromatic heterocycles. The maximum atomic E-state index is 12.2. The van der Waals surface area contributed by atoms with Gasteiger partial charge in [0.15, 0.2) is 0 Å². The molecule has 0 heterocycles. The number of hydrogen-bond donors (Lipinski definition) is 1. The van der Waals surface area contributed by atoms with Crippen LogP contribution < -0.4 is 10.2 Å². The quantitative estimate of drug-likeness (QED) is 0.871. The van der Waals surface area contributed by atoms with Crippen LogP contribution in [0.1, 0.15) is 31.4 Å². The number of nitrogens with zero attached hydrogens (tertiary/aromatic N) is 2. The molecule has 0 radical (unpaired) electrons. The molecule has 0 unspecified atom stereocenters. The first kappa shape index (κ1) is 17.6. The van der Waals surface area contributed by atoms with E-state index in [4.69, 9.17) is 5.26 Å². The summed E-state index contributed by atoms with van der Waals surface area (Å²) in [5, 5.41) is 11.7. The molecule has 2 aromatic rings. The van der Waals surface area contributed by atoms with Gasteiger partial charge in [-0.1, -0.05) is 17.7 Å². The van der Waals surface area contributed by atoms with Gasteiger partial charge < -0.3 is 10.2 Å². The summed E-state index contributed by atoms with van der Waals surface area (Å²) in [6.45, 7) is 6.97. The predicted octanol–water partition coefficient (Wildman–Crippen LogP) is 4.11.